The van der Waals surface area contributed by atoms with Crippen LogP contribution in [-0.4, -0.2) is 49.3 Å². The van der Waals surface area contributed by atoms with Crippen molar-refractivity contribution in [2.24, 2.45) is 0 Å². The van der Waals surface area contributed by atoms with Crippen LogP contribution in [0.5, 0.6) is 5.75 Å². The van der Waals surface area contributed by atoms with E-state index >= 15 is 0 Å². The smallest absolute Gasteiger partial charge is 0.251 e. The minimum absolute atomic E-state index is 0.196. The van der Waals surface area contributed by atoms with Crippen molar-refractivity contribution < 1.29 is 14.3 Å². The van der Waals surface area contributed by atoms with Crippen molar-refractivity contribution in [2.45, 2.75) is 38.1 Å². The molecule has 2 aromatic rings. The van der Waals surface area contributed by atoms with Gasteiger partial charge < -0.3 is 25.4 Å². The molecule has 3 N–H and O–H groups in total. The second-order valence-corrected chi connectivity index (χ2v) is 7.57. The summed E-state index contributed by atoms with van der Waals surface area (Å²) in [5.74, 6) is 1.33. The molecule has 1 amide bonds. The first-order chi connectivity index (χ1) is 14.6. The standard InChI is InChI=1S/C21H28ClN5O3/c1-29-11-10-23-20(28)14-8-9-17(18(12-14)30-2)26-21-24-13-16(22)19(27-21)25-15-6-4-3-5-7-15/h8-9,12-13,15H,3-7,10-11H2,1-2H3,(H,23,28)(H2,24,25,26,27). The molecule has 162 valence electrons. The van der Waals surface area contributed by atoms with Crippen LogP contribution in [0, 0.1) is 0 Å². The summed E-state index contributed by atoms with van der Waals surface area (Å²) < 4.78 is 10.4. The van der Waals surface area contributed by atoms with Crippen molar-refractivity contribution in [1.29, 1.82) is 0 Å². The highest BCUT2D eigenvalue weighted by atomic mass is 35.5. The normalized spacial score (nSPS) is 14.2. The molecule has 1 heterocycles. The first-order valence-electron chi connectivity index (χ1n) is 10.1. The fourth-order valence-corrected chi connectivity index (χ4v) is 3.54. The van der Waals surface area contributed by atoms with Gasteiger partial charge in [-0.3, -0.25) is 4.79 Å². The molecular formula is C21H28ClN5O3. The molecule has 30 heavy (non-hydrogen) atoms. The first kappa shape index (κ1) is 22.1. The van der Waals surface area contributed by atoms with Gasteiger partial charge in [0, 0.05) is 25.3 Å². The van der Waals surface area contributed by atoms with E-state index in [-0.39, 0.29) is 5.91 Å². The lowest BCUT2D eigenvalue weighted by Crippen LogP contribution is -2.26. The van der Waals surface area contributed by atoms with Gasteiger partial charge in [-0.25, -0.2) is 4.98 Å². The maximum Gasteiger partial charge on any atom is 0.251 e. The minimum Gasteiger partial charge on any atom is -0.495 e. The Morgan fingerprint density at radius 2 is 2.03 bits per heavy atom. The summed E-state index contributed by atoms with van der Waals surface area (Å²) in [5.41, 5.74) is 1.14. The molecule has 1 aliphatic carbocycles. The average molecular weight is 434 g/mol. The van der Waals surface area contributed by atoms with E-state index in [0.717, 1.165) is 12.8 Å². The van der Waals surface area contributed by atoms with Crippen molar-refractivity contribution in [3.05, 3.63) is 35.0 Å². The van der Waals surface area contributed by atoms with Gasteiger partial charge in [0.05, 0.1) is 25.6 Å². The number of amides is 1. The summed E-state index contributed by atoms with van der Waals surface area (Å²) in [5, 5.41) is 9.86. The van der Waals surface area contributed by atoms with E-state index in [1.165, 1.54) is 19.3 Å². The maximum absolute atomic E-state index is 12.2. The van der Waals surface area contributed by atoms with Crippen molar-refractivity contribution >= 4 is 35.0 Å². The highest BCUT2D eigenvalue weighted by molar-refractivity contribution is 6.32. The molecule has 0 bridgehead atoms. The number of hydrogen-bond acceptors (Lipinski definition) is 7. The van der Waals surface area contributed by atoms with E-state index in [2.05, 4.69) is 25.9 Å². The zero-order valence-corrected chi connectivity index (χ0v) is 18.1. The van der Waals surface area contributed by atoms with Gasteiger partial charge in [-0.15, -0.1) is 0 Å². The summed E-state index contributed by atoms with van der Waals surface area (Å²) in [4.78, 5) is 21.0. The number of nitrogens with one attached hydrogen (secondary N) is 3. The van der Waals surface area contributed by atoms with Gasteiger partial charge >= 0.3 is 0 Å². The molecule has 0 spiro atoms. The van der Waals surface area contributed by atoms with Crippen molar-refractivity contribution in [3.8, 4) is 5.75 Å². The maximum atomic E-state index is 12.2. The molecule has 1 fully saturated rings. The van der Waals surface area contributed by atoms with Crippen LogP contribution in [0.4, 0.5) is 17.5 Å². The van der Waals surface area contributed by atoms with Crippen LogP contribution in [0.1, 0.15) is 42.5 Å². The Balaban J connectivity index is 1.72. The Labute approximate surface area is 181 Å². The molecule has 3 rings (SSSR count). The Hall–Kier alpha value is -2.58. The highest BCUT2D eigenvalue weighted by Gasteiger charge is 2.16. The van der Waals surface area contributed by atoms with E-state index in [1.807, 2.05) is 0 Å². The van der Waals surface area contributed by atoms with Gasteiger partial charge in [-0.05, 0) is 31.0 Å². The fraction of sp³-hybridized carbons (Fsp3) is 0.476. The van der Waals surface area contributed by atoms with Crippen LogP contribution in [0.25, 0.3) is 0 Å². The van der Waals surface area contributed by atoms with Crippen LogP contribution < -0.4 is 20.7 Å². The van der Waals surface area contributed by atoms with E-state index in [9.17, 15) is 4.79 Å². The summed E-state index contributed by atoms with van der Waals surface area (Å²) in [6.45, 7) is 0.890. The molecule has 0 unspecified atom stereocenters. The molecule has 1 saturated carbocycles. The van der Waals surface area contributed by atoms with Gasteiger partial charge in [0.15, 0.2) is 5.82 Å². The number of methoxy groups -OCH3 is 2. The molecule has 0 atom stereocenters. The Morgan fingerprint density at radius 3 is 2.77 bits per heavy atom. The van der Waals surface area contributed by atoms with Gasteiger partial charge in [-0.2, -0.15) is 4.98 Å². The second kappa shape index (κ2) is 11.0. The second-order valence-electron chi connectivity index (χ2n) is 7.16. The quantitative estimate of drug-likeness (QED) is 0.514. The van der Waals surface area contributed by atoms with Crippen molar-refractivity contribution in [1.82, 2.24) is 15.3 Å². The number of ether oxygens (including phenoxy) is 2. The fourth-order valence-electron chi connectivity index (χ4n) is 3.39. The molecule has 8 nitrogen and oxygen atoms in total. The van der Waals surface area contributed by atoms with E-state index in [4.69, 9.17) is 21.1 Å². The van der Waals surface area contributed by atoms with Crippen LogP contribution in [0.2, 0.25) is 5.02 Å². The number of halogens is 1. The number of benzene rings is 1. The third-order valence-corrected chi connectivity index (χ3v) is 5.27. The molecule has 9 heteroatoms. The Bertz CT molecular complexity index is 859. The van der Waals surface area contributed by atoms with E-state index in [0.29, 0.717) is 53.0 Å². The molecule has 1 aromatic heterocycles. The van der Waals surface area contributed by atoms with Crippen LogP contribution in [-0.2, 0) is 4.74 Å². The number of hydrogen-bond donors (Lipinski definition) is 3. The van der Waals surface area contributed by atoms with Gasteiger partial charge in [-0.1, -0.05) is 30.9 Å². The number of carbonyl (C=O) groups is 1. The van der Waals surface area contributed by atoms with Gasteiger partial charge in [0.25, 0.3) is 5.91 Å². The van der Waals surface area contributed by atoms with E-state index < -0.39 is 0 Å². The lowest BCUT2D eigenvalue weighted by molar-refractivity contribution is 0.0937. The summed E-state index contributed by atoms with van der Waals surface area (Å²) in [7, 11) is 3.14. The summed E-state index contributed by atoms with van der Waals surface area (Å²) >= 11 is 6.29. The highest BCUT2D eigenvalue weighted by Crippen LogP contribution is 2.30. The molecule has 0 saturated heterocycles. The van der Waals surface area contributed by atoms with Gasteiger partial charge in [0.2, 0.25) is 5.95 Å². The molecule has 1 aromatic carbocycles. The van der Waals surface area contributed by atoms with Crippen molar-refractivity contribution in [2.75, 3.05) is 38.0 Å². The number of aromatic nitrogens is 2. The summed E-state index contributed by atoms with van der Waals surface area (Å²) in [6.07, 6.45) is 7.52. The number of nitrogens with zero attached hydrogens (tertiary/aromatic N) is 2. The average Bonchev–Trinajstić information content (AvgIpc) is 2.77. The third kappa shape index (κ3) is 5.96. The summed E-state index contributed by atoms with van der Waals surface area (Å²) in [6, 6.07) is 5.52. The molecule has 0 aliphatic heterocycles. The number of anilines is 3. The largest absolute Gasteiger partial charge is 0.495 e. The van der Waals surface area contributed by atoms with Crippen LogP contribution in [0.3, 0.4) is 0 Å². The Kier molecular flexibility index (Phi) is 8.10. The predicted molar refractivity (Wildman–Crippen MR) is 118 cm³/mol. The number of rotatable bonds is 9. The molecule has 0 radical (unpaired) electrons. The topological polar surface area (TPSA) is 97.4 Å². The Morgan fingerprint density at radius 1 is 1.23 bits per heavy atom. The third-order valence-electron chi connectivity index (χ3n) is 4.99. The lowest BCUT2D eigenvalue weighted by atomic mass is 9.95. The lowest BCUT2D eigenvalue weighted by Gasteiger charge is -2.23. The zero-order chi connectivity index (χ0) is 21.3. The molecule has 1 aliphatic rings. The van der Waals surface area contributed by atoms with Crippen molar-refractivity contribution in [3.63, 3.8) is 0 Å². The SMILES string of the molecule is COCCNC(=O)c1ccc(Nc2ncc(Cl)c(NC3CCCCC3)n2)c(OC)c1. The number of carbonyl (C=O) groups excluding carboxylic acids is 1. The van der Waals surface area contributed by atoms with Crippen LogP contribution >= 0.6 is 11.6 Å². The van der Waals surface area contributed by atoms with Gasteiger partial charge in [0.1, 0.15) is 10.8 Å². The molecular weight excluding hydrogens is 406 g/mol. The first-order valence-corrected chi connectivity index (χ1v) is 10.5. The zero-order valence-electron chi connectivity index (χ0n) is 17.3. The van der Waals surface area contributed by atoms with Crippen LogP contribution in [0.15, 0.2) is 24.4 Å². The monoisotopic (exact) mass is 433 g/mol. The van der Waals surface area contributed by atoms with E-state index in [1.54, 1.807) is 38.6 Å². The predicted octanol–water partition coefficient (Wildman–Crippen LogP) is 4.00. The minimum atomic E-state index is -0.196.